The first-order chi connectivity index (χ1) is 9.06. The standard InChI is InChI=1S/C16H25NO2/c1-5-16(15(18)19-6-2,17-12-13(3)4)14-10-8-7-9-11-14/h7-11,13,17H,5-6,12H2,1-4H3. The Morgan fingerprint density at radius 3 is 2.37 bits per heavy atom. The molecule has 1 atom stereocenters. The summed E-state index contributed by atoms with van der Waals surface area (Å²) < 4.78 is 5.28. The van der Waals surface area contributed by atoms with Gasteiger partial charge in [-0.05, 0) is 31.4 Å². The minimum atomic E-state index is -0.735. The Balaban J connectivity index is 3.09. The van der Waals surface area contributed by atoms with Crippen LogP contribution in [0.5, 0.6) is 0 Å². The Hall–Kier alpha value is -1.35. The third-order valence-corrected chi connectivity index (χ3v) is 3.23. The lowest BCUT2D eigenvalue weighted by atomic mass is 9.86. The SMILES string of the molecule is CCOC(=O)C(CC)(NCC(C)C)c1ccccc1. The fourth-order valence-electron chi connectivity index (χ4n) is 2.12. The summed E-state index contributed by atoms with van der Waals surface area (Å²) >= 11 is 0. The number of hydrogen-bond acceptors (Lipinski definition) is 3. The average Bonchev–Trinajstić information content (AvgIpc) is 2.41. The zero-order valence-electron chi connectivity index (χ0n) is 12.4. The predicted molar refractivity (Wildman–Crippen MR) is 77.9 cm³/mol. The van der Waals surface area contributed by atoms with Crippen molar-refractivity contribution in [3.63, 3.8) is 0 Å². The van der Waals surface area contributed by atoms with Crippen molar-refractivity contribution in [1.29, 1.82) is 0 Å². The molecule has 0 saturated heterocycles. The molecule has 1 aromatic carbocycles. The summed E-state index contributed by atoms with van der Waals surface area (Å²) in [6, 6.07) is 9.82. The van der Waals surface area contributed by atoms with E-state index in [0.717, 1.165) is 12.1 Å². The molecule has 0 spiro atoms. The fourth-order valence-corrected chi connectivity index (χ4v) is 2.12. The molecule has 19 heavy (non-hydrogen) atoms. The molecule has 1 aromatic rings. The van der Waals surface area contributed by atoms with Crippen LogP contribution in [0.15, 0.2) is 30.3 Å². The van der Waals surface area contributed by atoms with Crippen molar-refractivity contribution in [2.24, 2.45) is 5.92 Å². The maximum atomic E-state index is 12.4. The number of carbonyl (C=O) groups excluding carboxylic acids is 1. The van der Waals surface area contributed by atoms with E-state index >= 15 is 0 Å². The number of benzene rings is 1. The maximum absolute atomic E-state index is 12.4. The van der Waals surface area contributed by atoms with Crippen molar-refractivity contribution < 1.29 is 9.53 Å². The van der Waals surface area contributed by atoms with Crippen LogP contribution in [0.2, 0.25) is 0 Å². The number of hydrogen-bond donors (Lipinski definition) is 1. The molecule has 1 unspecified atom stereocenters. The molecule has 0 aromatic heterocycles. The van der Waals surface area contributed by atoms with Crippen LogP contribution in [0.3, 0.4) is 0 Å². The smallest absolute Gasteiger partial charge is 0.330 e. The van der Waals surface area contributed by atoms with E-state index in [1.54, 1.807) is 0 Å². The average molecular weight is 263 g/mol. The van der Waals surface area contributed by atoms with E-state index in [-0.39, 0.29) is 5.97 Å². The highest BCUT2D eigenvalue weighted by atomic mass is 16.5. The summed E-state index contributed by atoms with van der Waals surface area (Å²) in [7, 11) is 0. The van der Waals surface area contributed by atoms with Crippen molar-refractivity contribution >= 4 is 5.97 Å². The van der Waals surface area contributed by atoms with E-state index in [0.29, 0.717) is 18.9 Å². The van der Waals surface area contributed by atoms with Gasteiger partial charge in [-0.25, -0.2) is 4.79 Å². The Morgan fingerprint density at radius 1 is 1.26 bits per heavy atom. The molecule has 0 radical (unpaired) electrons. The monoisotopic (exact) mass is 263 g/mol. The van der Waals surface area contributed by atoms with E-state index in [9.17, 15) is 4.79 Å². The zero-order chi connectivity index (χ0) is 14.3. The number of ether oxygens (including phenoxy) is 1. The fraction of sp³-hybridized carbons (Fsp3) is 0.562. The van der Waals surface area contributed by atoms with Crippen LogP contribution in [0.25, 0.3) is 0 Å². The van der Waals surface area contributed by atoms with Gasteiger partial charge in [0.05, 0.1) is 6.61 Å². The lowest BCUT2D eigenvalue weighted by Crippen LogP contribution is -2.51. The van der Waals surface area contributed by atoms with Crippen LogP contribution in [0.4, 0.5) is 0 Å². The molecule has 0 saturated carbocycles. The first kappa shape index (κ1) is 15.7. The van der Waals surface area contributed by atoms with Crippen molar-refractivity contribution in [3.8, 4) is 0 Å². The molecule has 1 rings (SSSR count). The molecule has 0 aliphatic carbocycles. The number of esters is 1. The molecule has 0 bridgehead atoms. The molecular weight excluding hydrogens is 238 g/mol. The minimum absolute atomic E-state index is 0.190. The van der Waals surface area contributed by atoms with Crippen LogP contribution in [0, 0.1) is 5.92 Å². The molecule has 3 nitrogen and oxygen atoms in total. The van der Waals surface area contributed by atoms with Gasteiger partial charge in [0, 0.05) is 0 Å². The quantitative estimate of drug-likeness (QED) is 0.768. The van der Waals surface area contributed by atoms with E-state index in [1.165, 1.54) is 0 Å². The van der Waals surface area contributed by atoms with Crippen molar-refractivity contribution in [1.82, 2.24) is 5.32 Å². The number of carbonyl (C=O) groups is 1. The number of nitrogens with one attached hydrogen (secondary N) is 1. The van der Waals surface area contributed by atoms with Crippen LogP contribution >= 0.6 is 0 Å². The van der Waals surface area contributed by atoms with Gasteiger partial charge in [0.2, 0.25) is 0 Å². The van der Waals surface area contributed by atoms with Gasteiger partial charge in [-0.1, -0.05) is 51.1 Å². The van der Waals surface area contributed by atoms with Gasteiger partial charge >= 0.3 is 5.97 Å². The largest absolute Gasteiger partial charge is 0.464 e. The predicted octanol–water partition coefficient (Wildman–Crippen LogP) is 3.10. The molecule has 1 N–H and O–H groups in total. The van der Waals surface area contributed by atoms with E-state index in [1.807, 2.05) is 44.2 Å². The summed E-state index contributed by atoms with van der Waals surface area (Å²) in [6.45, 7) is 9.29. The van der Waals surface area contributed by atoms with Gasteiger partial charge in [0.25, 0.3) is 0 Å². The second-order valence-corrected chi connectivity index (χ2v) is 5.12. The summed E-state index contributed by atoms with van der Waals surface area (Å²) in [5, 5.41) is 3.41. The molecule has 106 valence electrons. The molecule has 0 heterocycles. The Bertz CT molecular complexity index is 389. The van der Waals surface area contributed by atoms with Gasteiger partial charge in [-0.15, -0.1) is 0 Å². The van der Waals surface area contributed by atoms with Gasteiger partial charge in [0.15, 0.2) is 0 Å². The summed E-state index contributed by atoms with van der Waals surface area (Å²) in [5.74, 6) is 0.286. The first-order valence-electron chi connectivity index (χ1n) is 7.04. The minimum Gasteiger partial charge on any atom is -0.464 e. The lowest BCUT2D eigenvalue weighted by Gasteiger charge is -2.32. The Labute approximate surface area is 116 Å². The molecule has 0 aliphatic heterocycles. The van der Waals surface area contributed by atoms with Crippen molar-refractivity contribution in [2.45, 2.75) is 39.7 Å². The van der Waals surface area contributed by atoms with Crippen molar-refractivity contribution in [2.75, 3.05) is 13.2 Å². The Kier molecular flexibility index (Phi) is 6.03. The normalized spacial score (nSPS) is 14.2. The van der Waals surface area contributed by atoms with E-state index in [4.69, 9.17) is 4.74 Å². The van der Waals surface area contributed by atoms with E-state index in [2.05, 4.69) is 19.2 Å². The Morgan fingerprint density at radius 2 is 1.89 bits per heavy atom. The third-order valence-electron chi connectivity index (χ3n) is 3.23. The van der Waals surface area contributed by atoms with Gasteiger partial charge in [0.1, 0.15) is 5.54 Å². The molecule has 0 fully saturated rings. The molecule has 0 amide bonds. The molecular formula is C16H25NO2. The van der Waals surface area contributed by atoms with Gasteiger partial charge < -0.3 is 4.74 Å². The lowest BCUT2D eigenvalue weighted by molar-refractivity contribution is -0.152. The summed E-state index contributed by atoms with van der Waals surface area (Å²) in [6.07, 6.45) is 0.669. The van der Waals surface area contributed by atoms with Crippen LogP contribution in [-0.4, -0.2) is 19.1 Å². The van der Waals surface area contributed by atoms with Crippen LogP contribution < -0.4 is 5.32 Å². The molecule has 3 heteroatoms. The van der Waals surface area contributed by atoms with Crippen LogP contribution in [0.1, 0.15) is 39.7 Å². The highest BCUT2D eigenvalue weighted by molar-refractivity contribution is 5.82. The first-order valence-corrected chi connectivity index (χ1v) is 7.04. The van der Waals surface area contributed by atoms with Gasteiger partial charge in [-0.2, -0.15) is 0 Å². The molecule has 0 aliphatic rings. The van der Waals surface area contributed by atoms with Crippen molar-refractivity contribution in [3.05, 3.63) is 35.9 Å². The highest BCUT2D eigenvalue weighted by Gasteiger charge is 2.39. The van der Waals surface area contributed by atoms with E-state index < -0.39 is 5.54 Å². The summed E-state index contributed by atoms with van der Waals surface area (Å²) in [5.41, 5.74) is 0.234. The van der Waals surface area contributed by atoms with Gasteiger partial charge in [-0.3, -0.25) is 5.32 Å². The third kappa shape index (κ3) is 3.80. The second-order valence-electron chi connectivity index (χ2n) is 5.12. The zero-order valence-corrected chi connectivity index (χ0v) is 12.4. The maximum Gasteiger partial charge on any atom is 0.330 e. The summed E-state index contributed by atoms with van der Waals surface area (Å²) in [4.78, 5) is 12.4. The van der Waals surface area contributed by atoms with Crippen LogP contribution in [-0.2, 0) is 15.1 Å². The number of rotatable bonds is 7. The topological polar surface area (TPSA) is 38.3 Å². The second kappa shape index (κ2) is 7.29. The highest BCUT2D eigenvalue weighted by Crippen LogP contribution is 2.27.